The van der Waals surface area contributed by atoms with Crippen LogP contribution in [0.3, 0.4) is 0 Å². The molecule has 0 atom stereocenters. The van der Waals surface area contributed by atoms with E-state index in [1.165, 1.54) is 5.70 Å². The minimum absolute atomic E-state index is 0.440. The van der Waals surface area contributed by atoms with Gasteiger partial charge in [-0.1, -0.05) is 30.4 Å². The third-order valence-corrected chi connectivity index (χ3v) is 2.13. The summed E-state index contributed by atoms with van der Waals surface area (Å²) in [6, 6.07) is 0. The Kier molecular flexibility index (Phi) is 1.96. The van der Waals surface area contributed by atoms with Crippen molar-refractivity contribution in [3.63, 3.8) is 0 Å². The Balaban J connectivity index is 2.04. The first-order chi connectivity index (χ1) is 5.84. The molecule has 0 aromatic heterocycles. The summed E-state index contributed by atoms with van der Waals surface area (Å²) in [5, 5.41) is 6.87. The summed E-state index contributed by atoms with van der Waals surface area (Å²) < 4.78 is 0. The number of hydrogen-bond acceptors (Lipinski definition) is 1. The molecular weight excluding hydrogens is 168 g/mol. The van der Waals surface area contributed by atoms with E-state index in [0.717, 1.165) is 11.7 Å². The number of nitrogens with one attached hydrogen (secondary N) is 2. The standard InChI is InChI=1S/C9H10N2S/c12-9-10-6-8(11-9)5-7-3-1-2-4-7/h1-5,7H,6H2,(H2,10,11,12). The molecule has 2 nitrogen and oxygen atoms in total. The molecule has 2 aliphatic rings. The van der Waals surface area contributed by atoms with E-state index >= 15 is 0 Å². The van der Waals surface area contributed by atoms with E-state index in [4.69, 9.17) is 12.2 Å². The first kappa shape index (κ1) is 7.55. The highest BCUT2D eigenvalue weighted by atomic mass is 32.1. The van der Waals surface area contributed by atoms with Crippen LogP contribution in [0.15, 0.2) is 36.1 Å². The van der Waals surface area contributed by atoms with Crippen molar-refractivity contribution < 1.29 is 0 Å². The van der Waals surface area contributed by atoms with Crippen LogP contribution in [0.25, 0.3) is 0 Å². The lowest BCUT2D eigenvalue weighted by Gasteiger charge is -1.99. The van der Waals surface area contributed by atoms with Gasteiger partial charge < -0.3 is 10.6 Å². The molecule has 1 aliphatic carbocycles. The van der Waals surface area contributed by atoms with Crippen molar-refractivity contribution in [2.24, 2.45) is 5.92 Å². The van der Waals surface area contributed by atoms with E-state index in [2.05, 4.69) is 41.0 Å². The summed E-state index contributed by atoms with van der Waals surface area (Å²) in [5.74, 6) is 0.440. The van der Waals surface area contributed by atoms with Gasteiger partial charge in [0, 0.05) is 11.6 Å². The second kappa shape index (κ2) is 3.11. The van der Waals surface area contributed by atoms with Crippen LogP contribution in [0.5, 0.6) is 0 Å². The van der Waals surface area contributed by atoms with Crippen molar-refractivity contribution in [3.8, 4) is 0 Å². The molecule has 0 bridgehead atoms. The number of thiocarbonyl (C=S) groups is 1. The van der Waals surface area contributed by atoms with Crippen molar-refractivity contribution >= 4 is 17.3 Å². The van der Waals surface area contributed by atoms with E-state index in [1.54, 1.807) is 0 Å². The third-order valence-electron chi connectivity index (χ3n) is 1.88. The smallest absolute Gasteiger partial charge is 0.170 e. The van der Waals surface area contributed by atoms with Gasteiger partial charge in [0.05, 0.1) is 6.54 Å². The lowest BCUT2D eigenvalue weighted by Crippen LogP contribution is -2.19. The maximum atomic E-state index is 4.94. The molecule has 2 rings (SSSR count). The molecule has 0 saturated carbocycles. The topological polar surface area (TPSA) is 24.1 Å². The molecule has 0 radical (unpaired) electrons. The molecule has 1 fully saturated rings. The monoisotopic (exact) mass is 178 g/mol. The van der Waals surface area contributed by atoms with Gasteiger partial charge in [0.15, 0.2) is 5.11 Å². The minimum atomic E-state index is 0.440. The lowest BCUT2D eigenvalue weighted by atomic mass is 10.1. The molecule has 62 valence electrons. The Morgan fingerprint density at radius 2 is 2.17 bits per heavy atom. The van der Waals surface area contributed by atoms with Gasteiger partial charge in [-0.05, 0) is 12.2 Å². The van der Waals surface area contributed by atoms with Crippen LogP contribution in [0.4, 0.5) is 0 Å². The molecule has 1 heterocycles. The van der Waals surface area contributed by atoms with E-state index in [0.29, 0.717) is 5.92 Å². The Bertz CT molecular complexity index is 277. The summed E-state index contributed by atoms with van der Waals surface area (Å²) >= 11 is 4.94. The fraction of sp³-hybridized carbons (Fsp3) is 0.222. The summed E-state index contributed by atoms with van der Waals surface area (Å²) in [4.78, 5) is 0. The summed E-state index contributed by atoms with van der Waals surface area (Å²) in [6.07, 6.45) is 10.6. The molecule has 0 aromatic rings. The van der Waals surface area contributed by atoms with Crippen LogP contribution in [0.2, 0.25) is 0 Å². The van der Waals surface area contributed by atoms with Crippen molar-refractivity contribution in [2.75, 3.05) is 6.54 Å². The summed E-state index contributed by atoms with van der Waals surface area (Å²) in [7, 11) is 0. The van der Waals surface area contributed by atoms with Crippen molar-refractivity contribution in [3.05, 3.63) is 36.1 Å². The Labute approximate surface area is 77.0 Å². The molecule has 0 unspecified atom stereocenters. The predicted molar refractivity (Wildman–Crippen MR) is 53.6 cm³/mol. The van der Waals surface area contributed by atoms with Gasteiger partial charge in [-0.25, -0.2) is 0 Å². The second-order valence-corrected chi connectivity index (χ2v) is 3.25. The van der Waals surface area contributed by atoms with Crippen LogP contribution in [-0.2, 0) is 0 Å². The fourth-order valence-electron chi connectivity index (χ4n) is 1.30. The molecule has 0 amide bonds. The summed E-state index contributed by atoms with van der Waals surface area (Å²) in [5.41, 5.74) is 1.17. The zero-order valence-corrected chi connectivity index (χ0v) is 7.40. The number of allylic oxidation sites excluding steroid dienone is 5. The predicted octanol–water partition coefficient (Wildman–Crippen LogP) is 1.09. The molecule has 12 heavy (non-hydrogen) atoms. The average molecular weight is 178 g/mol. The van der Waals surface area contributed by atoms with Crippen LogP contribution in [-0.4, -0.2) is 11.7 Å². The molecule has 3 heteroatoms. The molecule has 1 aliphatic heterocycles. The van der Waals surface area contributed by atoms with Crippen LogP contribution in [0.1, 0.15) is 0 Å². The lowest BCUT2D eigenvalue weighted by molar-refractivity contribution is 0.992. The first-order valence-corrected chi connectivity index (χ1v) is 4.36. The van der Waals surface area contributed by atoms with Gasteiger partial charge in [0.25, 0.3) is 0 Å². The van der Waals surface area contributed by atoms with Crippen molar-refractivity contribution in [2.45, 2.75) is 0 Å². The third kappa shape index (κ3) is 1.56. The molecular formula is C9H10N2S. The van der Waals surface area contributed by atoms with Gasteiger partial charge in [0.1, 0.15) is 0 Å². The van der Waals surface area contributed by atoms with Crippen molar-refractivity contribution in [1.82, 2.24) is 10.6 Å². The summed E-state index contributed by atoms with van der Waals surface area (Å²) in [6.45, 7) is 0.830. The zero-order valence-electron chi connectivity index (χ0n) is 6.58. The van der Waals surface area contributed by atoms with E-state index in [9.17, 15) is 0 Å². The van der Waals surface area contributed by atoms with Gasteiger partial charge in [-0.15, -0.1) is 0 Å². The SMILES string of the molecule is S=C1NCC(=CC2C=CC=C2)N1. The molecule has 1 saturated heterocycles. The Morgan fingerprint density at radius 1 is 1.42 bits per heavy atom. The largest absolute Gasteiger partial charge is 0.357 e. The first-order valence-electron chi connectivity index (χ1n) is 3.95. The van der Waals surface area contributed by atoms with E-state index in [1.807, 2.05) is 0 Å². The maximum absolute atomic E-state index is 4.94. The molecule has 0 spiro atoms. The maximum Gasteiger partial charge on any atom is 0.170 e. The second-order valence-electron chi connectivity index (χ2n) is 2.85. The minimum Gasteiger partial charge on any atom is -0.357 e. The van der Waals surface area contributed by atoms with E-state index in [-0.39, 0.29) is 0 Å². The molecule has 0 aromatic carbocycles. The van der Waals surface area contributed by atoms with Crippen LogP contribution in [0, 0.1) is 5.92 Å². The van der Waals surface area contributed by atoms with Crippen molar-refractivity contribution in [1.29, 1.82) is 0 Å². The van der Waals surface area contributed by atoms with Gasteiger partial charge in [-0.3, -0.25) is 0 Å². The van der Waals surface area contributed by atoms with E-state index < -0.39 is 0 Å². The normalized spacial score (nSPS) is 25.0. The fourth-order valence-corrected chi connectivity index (χ4v) is 1.51. The van der Waals surface area contributed by atoms with Crippen LogP contribution >= 0.6 is 12.2 Å². The highest BCUT2D eigenvalue weighted by Crippen LogP contribution is 2.12. The number of rotatable bonds is 1. The Hall–Kier alpha value is -1.09. The molecule has 2 N–H and O–H groups in total. The van der Waals surface area contributed by atoms with Crippen LogP contribution < -0.4 is 10.6 Å². The zero-order chi connectivity index (χ0) is 8.39. The Morgan fingerprint density at radius 3 is 2.75 bits per heavy atom. The van der Waals surface area contributed by atoms with Gasteiger partial charge >= 0.3 is 0 Å². The highest BCUT2D eigenvalue weighted by Gasteiger charge is 2.10. The quantitative estimate of drug-likeness (QED) is 0.588. The average Bonchev–Trinajstić information content (AvgIpc) is 2.63. The van der Waals surface area contributed by atoms with Gasteiger partial charge in [-0.2, -0.15) is 0 Å². The van der Waals surface area contributed by atoms with Gasteiger partial charge in [0.2, 0.25) is 0 Å². The highest BCUT2D eigenvalue weighted by molar-refractivity contribution is 7.80. The number of hydrogen-bond donors (Lipinski definition) is 2.